The number of amides is 1. The number of aromatic nitrogens is 1. The first-order chi connectivity index (χ1) is 9.60. The first-order valence-corrected chi connectivity index (χ1v) is 6.66. The summed E-state index contributed by atoms with van der Waals surface area (Å²) in [5, 5.41) is 11.6. The molecule has 104 valence electrons. The zero-order valence-electron chi connectivity index (χ0n) is 10.6. The molecule has 0 saturated heterocycles. The maximum absolute atomic E-state index is 12.0. The van der Waals surface area contributed by atoms with Crippen molar-refractivity contribution in [2.24, 2.45) is 0 Å². The highest BCUT2D eigenvalue weighted by Gasteiger charge is 2.14. The van der Waals surface area contributed by atoms with Crippen LogP contribution in [0.1, 0.15) is 27.9 Å². The van der Waals surface area contributed by atoms with Crippen LogP contribution >= 0.6 is 11.3 Å². The Kier molecular flexibility index (Phi) is 4.31. The predicted molar refractivity (Wildman–Crippen MR) is 74.8 cm³/mol. The fraction of sp³-hybridized carbons (Fsp3) is 0.154. The van der Waals surface area contributed by atoms with Gasteiger partial charge in [0.1, 0.15) is 5.76 Å². The Labute approximate surface area is 118 Å². The summed E-state index contributed by atoms with van der Waals surface area (Å²) < 4.78 is 5.19. The van der Waals surface area contributed by atoms with Gasteiger partial charge in [-0.15, -0.1) is 0 Å². The first kappa shape index (κ1) is 14.0. The molecule has 0 aliphatic heterocycles. The third-order valence-corrected chi connectivity index (χ3v) is 3.32. The molecule has 20 heavy (non-hydrogen) atoms. The second kappa shape index (κ2) is 6.16. The Bertz CT molecular complexity index is 657. The van der Waals surface area contributed by atoms with Crippen LogP contribution in [0.5, 0.6) is 0 Å². The van der Waals surface area contributed by atoms with Crippen molar-refractivity contribution in [3.05, 3.63) is 40.8 Å². The van der Waals surface area contributed by atoms with E-state index >= 15 is 0 Å². The number of aliphatic carboxylic acids is 1. The molecule has 7 heteroatoms. The van der Waals surface area contributed by atoms with E-state index < -0.39 is 5.97 Å². The van der Waals surface area contributed by atoms with E-state index in [4.69, 9.17) is 9.52 Å². The summed E-state index contributed by atoms with van der Waals surface area (Å²) in [4.78, 5) is 27.1. The standard InChI is InChI=1S/C13H12N2O4S/c1-2-10-9(5-6-19-10)12(18)15-13-14-7-8(20-13)3-4-11(16)17/h3-7H,2H2,1H3,(H,16,17)(H,14,15,18)/b4-3+. The van der Waals surface area contributed by atoms with Gasteiger partial charge in [0.05, 0.1) is 11.8 Å². The number of aryl methyl sites for hydroxylation is 1. The van der Waals surface area contributed by atoms with Gasteiger partial charge in [0, 0.05) is 23.6 Å². The van der Waals surface area contributed by atoms with Crippen LogP contribution in [0.15, 0.2) is 29.0 Å². The number of nitrogens with zero attached hydrogens (tertiary/aromatic N) is 1. The van der Waals surface area contributed by atoms with Crippen LogP contribution in [0, 0.1) is 0 Å². The summed E-state index contributed by atoms with van der Waals surface area (Å²) in [5.41, 5.74) is 0.477. The summed E-state index contributed by atoms with van der Waals surface area (Å²) >= 11 is 1.19. The molecule has 1 amide bonds. The zero-order valence-corrected chi connectivity index (χ0v) is 11.4. The van der Waals surface area contributed by atoms with Gasteiger partial charge < -0.3 is 9.52 Å². The van der Waals surface area contributed by atoms with Gasteiger partial charge in [-0.1, -0.05) is 18.3 Å². The van der Waals surface area contributed by atoms with E-state index in [-0.39, 0.29) is 5.91 Å². The Balaban J connectivity index is 2.07. The fourth-order valence-electron chi connectivity index (χ4n) is 1.56. The highest BCUT2D eigenvalue weighted by atomic mass is 32.1. The van der Waals surface area contributed by atoms with E-state index in [1.54, 1.807) is 6.07 Å². The molecule has 0 bridgehead atoms. The summed E-state index contributed by atoms with van der Waals surface area (Å²) in [6.45, 7) is 1.90. The monoisotopic (exact) mass is 292 g/mol. The molecule has 2 rings (SSSR count). The number of carboxylic acids is 1. The van der Waals surface area contributed by atoms with E-state index in [0.29, 0.717) is 27.8 Å². The normalized spacial score (nSPS) is 10.8. The van der Waals surface area contributed by atoms with Crippen LogP contribution in [-0.4, -0.2) is 22.0 Å². The lowest BCUT2D eigenvalue weighted by Gasteiger charge is -2.00. The molecule has 6 nitrogen and oxygen atoms in total. The molecule has 2 aromatic rings. The molecular formula is C13H12N2O4S. The third-order valence-electron chi connectivity index (χ3n) is 2.45. The molecule has 2 aromatic heterocycles. The lowest BCUT2D eigenvalue weighted by Crippen LogP contribution is -2.12. The van der Waals surface area contributed by atoms with Crippen molar-refractivity contribution in [2.45, 2.75) is 13.3 Å². The lowest BCUT2D eigenvalue weighted by atomic mass is 10.2. The number of carbonyl (C=O) groups is 2. The molecule has 2 N–H and O–H groups in total. The Morgan fingerprint density at radius 2 is 2.35 bits per heavy atom. The minimum Gasteiger partial charge on any atom is -0.478 e. The van der Waals surface area contributed by atoms with Gasteiger partial charge in [-0.2, -0.15) is 0 Å². The van der Waals surface area contributed by atoms with Crippen molar-refractivity contribution in [2.75, 3.05) is 5.32 Å². The second-order valence-electron chi connectivity index (χ2n) is 3.80. The predicted octanol–water partition coefficient (Wildman–Crippen LogP) is 2.65. The highest BCUT2D eigenvalue weighted by Crippen LogP contribution is 2.21. The molecule has 0 spiro atoms. The van der Waals surface area contributed by atoms with Crippen LogP contribution in [0.2, 0.25) is 0 Å². The molecule has 0 atom stereocenters. The third kappa shape index (κ3) is 3.33. The number of anilines is 1. The average Bonchev–Trinajstić information content (AvgIpc) is 3.04. The zero-order chi connectivity index (χ0) is 14.5. The Morgan fingerprint density at radius 3 is 3.05 bits per heavy atom. The first-order valence-electron chi connectivity index (χ1n) is 5.84. The SMILES string of the molecule is CCc1occc1C(=O)Nc1ncc(/C=C/C(=O)O)s1. The van der Waals surface area contributed by atoms with Crippen LogP contribution in [0.25, 0.3) is 6.08 Å². The number of hydrogen-bond acceptors (Lipinski definition) is 5. The van der Waals surface area contributed by atoms with Crippen LogP contribution < -0.4 is 5.32 Å². The molecule has 0 saturated carbocycles. The summed E-state index contributed by atoms with van der Waals surface area (Å²) in [6.07, 6.45) is 6.03. The van der Waals surface area contributed by atoms with E-state index in [1.807, 2.05) is 6.92 Å². The Morgan fingerprint density at radius 1 is 1.55 bits per heavy atom. The lowest BCUT2D eigenvalue weighted by molar-refractivity contribution is -0.131. The number of nitrogens with one attached hydrogen (secondary N) is 1. The van der Waals surface area contributed by atoms with E-state index in [1.165, 1.54) is 29.9 Å². The van der Waals surface area contributed by atoms with Gasteiger partial charge in [0.2, 0.25) is 0 Å². The quantitative estimate of drug-likeness (QED) is 0.826. The van der Waals surface area contributed by atoms with Crippen molar-refractivity contribution < 1.29 is 19.1 Å². The molecule has 0 aliphatic carbocycles. The van der Waals surface area contributed by atoms with Crippen molar-refractivity contribution in [3.8, 4) is 0 Å². The van der Waals surface area contributed by atoms with Gasteiger partial charge in [-0.25, -0.2) is 9.78 Å². The summed E-state index contributed by atoms with van der Waals surface area (Å²) in [5.74, 6) is -0.710. The molecule has 0 fully saturated rings. The largest absolute Gasteiger partial charge is 0.478 e. The number of carbonyl (C=O) groups excluding carboxylic acids is 1. The number of hydrogen-bond donors (Lipinski definition) is 2. The van der Waals surface area contributed by atoms with E-state index in [9.17, 15) is 9.59 Å². The van der Waals surface area contributed by atoms with Gasteiger partial charge in [-0.3, -0.25) is 10.1 Å². The van der Waals surface area contributed by atoms with Gasteiger partial charge >= 0.3 is 5.97 Å². The topological polar surface area (TPSA) is 92.4 Å². The molecular weight excluding hydrogens is 280 g/mol. The van der Waals surface area contributed by atoms with Crippen molar-refractivity contribution in [1.82, 2.24) is 4.98 Å². The van der Waals surface area contributed by atoms with Crippen molar-refractivity contribution in [1.29, 1.82) is 0 Å². The molecule has 0 aliphatic rings. The number of thiazole rings is 1. The second-order valence-corrected chi connectivity index (χ2v) is 4.87. The minimum absolute atomic E-state index is 0.293. The smallest absolute Gasteiger partial charge is 0.328 e. The van der Waals surface area contributed by atoms with E-state index in [0.717, 1.165) is 6.08 Å². The number of carboxylic acid groups (broad SMARTS) is 1. The highest BCUT2D eigenvalue weighted by molar-refractivity contribution is 7.16. The Hall–Kier alpha value is -2.41. The molecule has 0 aromatic carbocycles. The maximum Gasteiger partial charge on any atom is 0.328 e. The maximum atomic E-state index is 12.0. The number of furan rings is 1. The van der Waals surface area contributed by atoms with Crippen molar-refractivity contribution in [3.63, 3.8) is 0 Å². The summed E-state index contributed by atoms with van der Waals surface area (Å²) in [6, 6.07) is 1.60. The molecule has 2 heterocycles. The molecule has 0 unspecified atom stereocenters. The van der Waals surface area contributed by atoms with Crippen LogP contribution in [0.3, 0.4) is 0 Å². The molecule has 0 radical (unpaired) electrons. The number of rotatable bonds is 5. The van der Waals surface area contributed by atoms with Gasteiger partial charge in [-0.05, 0) is 12.1 Å². The average molecular weight is 292 g/mol. The van der Waals surface area contributed by atoms with Crippen LogP contribution in [0.4, 0.5) is 5.13 Å². The van der Waals surface area contributed by atoms with Crippen molar-refractivity contribution >= 4 is 34.4 Å². The van der Waals surface area contributed by atoms with Crippen LogP contribution in [-0.2, 0) is 11.2 Å². The fourth-order valence-corrected chi connectivity index (χ4v) is 2.27. The van der Waals surface area contributed by atoms with Gasteiger partial charge in [0.15, 0.2) is 5.13 Å². The van der Waals surface area contributed by atoms with Gasteiger partial charge in [0.25, 0.3) is 5.91 Å². The minimum atomic E-state index is -1.03. The summed E-state index contributed by atoms with van der Waals surface area (Å²) in [7, 11) is 0. The van der Waals surface area contributed by atoms with E-state index in [2.05, 4.69) is 10.3 Å².